The summed E-state index contributed by atoms with van der Waals surface area (Å²) in [7, 11) is 0. The summed E-state index contributed by atoms with van der Waals surface area (Å²) in [6.07, 6.45) is -2.48. The lowest BCUT2D eigenvalue weighted by Gasteiger charge is -2.34. The van der Waals surface area contributed by atoms with Crippen molar-refractivity contribution in [1.82, 2.24) is 9.88 Å². The van der Waals surface area contributed by atoms with Gasteiger partial charge in [-0.2, -0.15) is 13.2 Å². The molecule has 0 radical (unpaired) electrons. The number of hydrogen-bond donors (Lipinski definition) is 1. The van der Waals surface area contributed by atoms with Gasteiger partial charge < -0.3 is 5.73 Å². The summed E-state index contributed by atoms with van der Waals surface area (Å²) in [5.41, 5.74) is 5.91. The van der Waals surface area contributed by atoms with Crippen LogP contribution >= 0.6 is 23.7 Å². The minimum absolute atomic E-state index is 0. The van der Waals surface area contributed by atoms with Crippen LogP contribution in [0, 0.1) is 5.92 Å². The van der Waals surface area contributed by atoms with Crippen LogP contribution in [0.1, 0.15) is 23.2 Å². The van der Waals surface area contributed by atoms with Crippen molar-refractivity contribution in [3.05, 3.63) is 16.1 Å². The van der Waals surface area contributed by atoms with E-state index in [0.29, 0.717) is 17.5 Å². The van der Waals surface area contributed by atoms with E-state index in [1.165, 1.54) is 0 Å². The molecule has 0 bridgehead atoms. The molecule has 2 N–H and O–H groups in total. The second-order valence-electron chi connectivity index (χ2n) is 4.78. The summed E-state index contributed by atoms with van der Waals surface area (Å²) in [5, 5.41) is 0.519. The van der Waals surface area contributed by atoms with Gasteiger partial charge in [0.25, 0.3) is 0 Å². The van der Waals surface area contributed by atoms with Gasteiger partial charge in [-0.15, -0.1) is 23.7 Å². The van der Waals surface area contributed by atoms with Crippen LogP contribution in [0.2, 0.25) is 0 Å². The third kappa shape index (κ3) is 4.30. The fraction of sp³-hybridized carbons (Fsp3) is 0.727. The summed E-state index contributed by atoms with van der Waals surface area (Å²) in [6, 6.07) is 0.197. The maximum absolute atomic E-state index is 12.4. The van der Waals surface area contributed by atoms with Crippen molar-refractivity contribution in [2.75, 3.05) is 13.1 Å². The van der Waals surface area contributed by atoms with E-state index in [9.17, 15) is 13.2 Å². The first-order chi connectivity index (χ1) is 8.36. The van der Waals surface area contributed by atoms with Crippen molar-refractivity contribution in [2.45, 2.75) is 32.1 Å². The predicted molar refractivity (Wildman–Crippen MR) is 71.4 cm³/mol. The maximum atomic E-state index is 12.4. The number of alkyl halides is 3. The number of aromatic nitrogens is 1. The highest BCUT2D eigenvalue weighted by Gasteiger charge is 2.33. The summed E-state index contributed by atoms with van der Waals surface area (Å²) in [6.45, 7) is 4.20. The number of nitrogens with zero attached hydrogens (tertiary/aromatic N) is 2. The van der Waals surface area contributed by atoms with Crippen LogP contribution < -0.4 is 5.73 Å². The van der Waals surface area contributed by atoms with Crippen LogP contribution in [-0.2, 0) is 12.7 Å². The molecule has 0 aliphatic carbocycles. The highest BCUT2D eigenvalue weighted by molar-refractivity contribution is 7.11. The van der Waals surface area contributed by atoms with Crippen LogP contribution in [0.3, 0.4) is 0 Å². The molecule has 1 aromatic heterocycles. The lowest BCUT2D eigenvalue weighted by Crippen LogP contribution is -2.45. The van der Waals surface area contributed by atoms with E-state index in [1.54, 1.807) is 0 Å². The van der Waals surface area contributed by atoms with Crippen LogP contribution in [0.25, 0.3) is 0 Å². The van der Waals surface area contributed by atoms with Crippen LogP contribution in [0.4, 0.5) is 13.2 Å². The molecule has 19 heavy (non-hydrogen) atoms. The van der Waals surface area contributed by atoms with Gasteiger partial charge in [0.2, 0.25) is 0 Å². The van der Waals surface area contributed by atoms with Crippen molar-refractivity contribution in [1.29, 1.82) is 0 Å². The smallest absolute Gasteiger partial charge is 0.327 e. The number of thiazole rings is 1. The van der Waals surface area contributed by atoms with Gasteiger partial charge in [0.1, 0.15) is 9.88 Å². The third-order valence-corrected chi connectivity index (χ3v) is 4.27. The number of likely N-dealkylation sites (tertiary alicyclic amines) is 1. The molecular weight excluding hydrogens is 299 g/mol. The third-order valence-electron chi connectivity index (χ3n) is 3.25. The van der Waals surface area contributed by atoms with Crippen LogP contribution in [-0.4, -0.2) is 29.0 Å². The molecule has 0 saturated carbocycles. The molecule has 1 fully saturated rings. The van der Waals surface area contributed by atoms with E-state index in [2.05, 4.69) is 16.8 Å². The molecule has 1 aliphatic heterocycles. The van der Waals surface area contributed by atoms with E-state index < -0.39 is 11.1 Å². The Kier molecular flexibility index (Phi) is 5.61. The van der Waals surface area contributed by atoms with Gasteiger partial charge in [0, 0.05) is 19.1 Å². The quantitative estimate of drug-likeness (QED) is 0.912. The molecule has 2 unspecified atom stereocenters. The number of nitrogens with two attached hydrogens (primary N) is 1. The molecule has 2 atom stereocenters. The van der Waals surface area contributed by atoms with E-state index >= 15 is 0 Å². The second kappa shape index (κ2) is 6.39. The second-order valence-corrected chi connectivity index (χ2v) is 5.90. The van der Waals surface area contributed by atoms with Gasteiger partial charge in [-0.05, 0) is 12.3 Å². The van der Waals surface area contributed by atoms with E-state index in [1.807, 2.05) is 0 Å². The average molecular weight is 316 g/mol. The molecule has 0 aromatic carbocycles. The Morgan fingerprint density at radius 3 is 2.74 bits per heavy atom. The molecule has 2 heterocycles. The van der Waals surface area contributed by atoms with Gasteiger partial charge in [0.05, 0.1) is 12.7 Å². The van der Waals surface area contributed by atoms with Crippen LogP contribution in [0.15, 0.2) is 6.20 Å². The zero-order valence-corrected chi connectivity index (χ0v) is 12.1. The van der Waals surface area contributed by atoms with Crippen LogP contribution in [0.5, 0.6) is 0 Å². The van der Waals surface area contributed by atoms with E-state index in [0.717, 1.165) is 37.0 Å². The van der Waals surface area contributed by atoms with Gasteiger partial charge in [-0.3, -0.25) is 4.90 Å². The topological polar surface area (TPSA) is 42.2 Å². The summed E-state index contributed by atoms with van der Waals surface area (Å²) in [4.78, 5) is 5.34. The Labute approximate surface area is 120 Å². The van der Waals surface area contributed by atoms with Crippen molar-refractivity contribution in [3.8, 4) is 0 Å². The molecule has 1 saturated heterocycles. The number of piperidine rings is 1. The molecule has 1 aromatic rings. The zero-order valence-electron chi connectivity index (χ0n) is 10.5. The van der Waals surface area contributed by atoms with E-state index in [-0.39, 0.29) is 18.4 Å². The Morgan fingerprint density at radius 2 is 2.21 bits per heavy atom. The molecule has 3 nitrogen and oxygen atoms in total. The first-order valence-corrected chi connectivity index (χ1v) is 6.67. The lowest BCUT2D eigenvalue weighted by atomic mass is 9.95. The van der Waals surface area contributed by atoms with E-state index in [4.69, 9.17) is 5.73 Å². The van der Waals surface area contributed by atoms with Gasteiger partial charge in [-0.25, -0.2) is 4.98 Å². The minimum atomic E-state index is -4.28. The summed E-state index contributed by atoms with van der Waals surface area (Å²) >= 11 is 0.726. The molecule has 0 spiro atoms. The molecule has 2 rings (SSSR count). The highest BCUT2D eigenvalue weighted by atomic mass is 35.5. The molecule has 0 amide bonds. The zero-order chi connectivity index (χ0) is 13.3. The Bertz CT molecular complexity index is 410. The van der Waals surface area contributed by atoms with Crippen molar-refractivity contribution in [3.63, 3.8) is 0 Å². The Balaban J connectivity index is 0.00000180. The van der Waals surface area contributed by atoms with Crippen molar-refractivity contribution < 1.29 is 13.2 Å². The summed E-state index contributed by atoms with van der Waals surface area (Å²) in [5.74, 6) is 0.376. The van der Waals surface area contributed by atoms with Crippen molar-refractivity contribution in [2.24, 2.45) is 11.7 Å². The normalized spacial score (nSPS) is 25.1. The van der Waals surface area contributed by atoms with Gasteiger partial charge >= 0.3 is 6.18 Å². The van der Waals surface area contributed by atoms with Gasteiger partial charge in [0.15, 0.2) is 0 Å². The highest BCUT2D eigenvalue weighted by Crippen LogP contribution is 2.33. The molecular formula is C11H17ClF3N3S. The fourth-order valence-corrected chi connectivity index (χ4v) is 2.93. The standard InChI is InChI=1S/C11H16F3N3S.ClH/c1-7-5-17(3-2-8(7)15)6-10-16-4-9(18-10)11(12,13)14;/h4,7-8H,2-3,5-6,15H2,1H3;1H. The Hall–Kier alpha value is -0.370. The summed E-state index contributed by atoms with van der Waals surface area (Å²) < 4.78 is 37.3. The molecule has 1 aliphatic rings. The average Bonchev–Trinajstić information content (AvgIpc) is 2.72. The number of halogens is 4. The molecule has 110 valence electrons. The first kappa shape index (κ1) is 16.7. The first-order valence-electron chi connectivity index (χ1n) is 5.86. The monoisotopic (exact) mass is 315 g/mol. The minimum Gasteiger partial charge on any atom is -0.327 e. The predicted octanol–water partition coefficient (Wildman–Crippen LogP) is 2.75. The van der Waals surface area contributed by atoms with Crippen molar-refractivity contribution >= 4 is 23.7 Å². The largest absolute Gasteiger partial charge is 0.427 e. The number of rotatable bonds is 2. The van der Waals surface area contributed by atoms with Gasteiger partial charge in [-0.1, -0.05) is 6.92 Å². The number of hydrogen-bond acceptors (Lipinski definition) is 4. The lowest BCUT2D eigenvalue weighted by molar-refractivity contribution is -0.134. The Morgan fingerprint density at radius 1 is 1.53 bits per heavy atom. The maximum Gasteiger partial charge on any atom is 0.427 e. The SMILES string of the molecule is CC1CN(Cc2ncc(C(F)(F)F)s2)CCC1N.Cl. The fourth-order valence-electron chi connectivity index (χ4n) is 2.10. The molecule has 8 heteroatoms.